The second-order valence-electron chi connectivity index (χ2n) is 6.15. The molecule has 25 heavy (non-hydrogen) atoms. The molecule has 2 aromatic rings. The monoisotopic (exact) mass is 356 g/mol. The molecule has 1 aliphatic rings. The number of nitrogens with two attached hydrogens (primary N) is 1. The molecule has 1 aromatic carbocycles. The van der Waals surface area contributed by atoms with Crippen LogP contribution in [0.1, 0.15) is 28.8 Å². The molecule has 0 bridgehead atoms. The summed E-state index contributed by atoms with van der Waals surface area (Å²) in [5, 5.41) is 5.24. The van der Waals surface area contributed by atoms with Crippen LogP contribution in [0.3, 0.4) is 0 Å². The number of aliphatic imine (C=N–C) groups is 1. The maximum atomic E-state index is 11.8. The number of rotatable bonds is 7. The summed E-state index contributed by atoms with van der Waals surface area (Å²) in [5.41, 5.74) is 8.24. The number of nitrogens with one attached hydrogen (secondary N) is 1. The molecule has 0 radical (unpaired) electrons. The molecule has 3 rings (SSSR count). The number of carbonyl (C=O) groups is 1. The molecule has 0 aliphatic carbocycles. The zero-order chi connectivity index (χ0) is 17.5. The lowest BCUT2D eigenvalue weighted by molar-refractivity contribution is -0.128. The third-order valence-corrected chi connectivity index (χ3v) is 5.26. The van der Waals surface area contributed by atoms with Gasteiger partial charge in [-0.25, -0.2) is 4.99 Å². The highest BCUT2D eigenvalue weighted by molar-refractivity contribution is 7.09. The molecule has 1 aliphatic heterocycles. The summed E-state index contributed by atoms with van der Waals surface area (Å²) in [6.07, 6.45) is 2.57. The quantitative estimate of drug-likeness (QED) is 0.591. The van der Waals surface area contributed by atoms with Gasteiger partial charge < -0.3 is 16.0 Å². The fourth-order valence-electron chi connectivity index (χ4n) is 2.94. The maximum absolute atomic E-state index is 11.8. The summed E-state index contributed by atoms with van der Waals surface area (Å²) in [6, 6.07) is 12.3. The summed E-state index contributed by atoms with van der Waals surface area (Å²) in [5.74, 6) is 0.705. The van der Waals surface area contributed by atoms with Crippen LogP contribution in [0.25, 0.3) is 0 Å². The molecular weight excluding hydrogens is 332 g/mol. The second kappa shape index (κ2) is 8.67. The van der Waals surface area contributed by atoms with Gasteiger partial charge in [-0.1, -0.05) is 30.3 Å². The molecule has 1 saturated heterocycles. The lowest BCUT2D eigenvalue weighted by Crippen LogP contribution is -2.33. The highest BCUT2D eigenvalue weighted by Crippen LogP contribution is 2.17. The molecule has 1 amide bonds. The number of nitrogens with zero attached hydrogens (tertiary/aromatic N) is 2. The van der Waals surface area contributed by atoms with Crippen molar-refractivity contribution in [3.05, 3.63) is 57.8 Å². The van der Waals surface area contributed by atoms with E-state index in [1.54, 1.807) is 11.3 Å². The second-order valence-corrected chi connectivity index (χ2v) is 7.18. The number of likely N-dealkylation sites (tertiary alicyclic amines) is 1. The Labute approximate surface area is 152 Å². The first kappa shape index (κ1) is 17.5. The molecule has 0 saturated carbocycles. The van der Waals surface area contributed by atoms with Gasteiger partial charge in [0.2, 0.25) is 5.91 Å². The Bertz CT molecular complexity index is 727. The Morgan fingerprint density at radius 1 is 1.24 bits per heavy atom. The Balaban J connectivity index is 1.53. The van der Waals surface area contributed by atoms with Crippen LogP contribution in [-0.2, 0) is 24.3 Å². The molecule has 132 valence electrons. The van der Waals surface area contributed by atoms with E-state index in [9.17, 15) is 4.79 Å². The molecule has 2 heterocycles. The van der Waals surface area contributed by atoms with Crippen molar-refractivity contribution in [3.63, 3.8) is 0 Å². The fraction of sp³-hybridized carbons (Fsp3) is 0.368. The van der Waals surface area contributed by atoms with E-state index in [1.165, 1.54) is 4.88 Å². The molecule has 0 spiro atoms. The van der Waals surface area contributed by atoms with Crippen LogP contribution < -0.4 is 11.1 Å². The summed E-state index contributed by atoms with van der Waals surface area (Å²) < 4.78 is 0. The van der Waals surface area contributed by atoms with Crippen LogP contribution in [0.2, 0.25) is 0 Å². The normalized spacial score (nSPS) is 15.0. The summed E-state index contributed by atoms with van der Waals surface area (Å²) in [6.45, 7) is 2.81. The van der Waals surface area contributed by atoms with Crippen LogP contribution in [0.4, 0.5) is 0 Å². The van der Waals surface area contributed by atoms with Crippen molar-refractivity contribution in [1.82, 2.24) is 10.2 Å². The van der Waals surface area contributed by atoms with Crippen LogP contribution in [-0.4, -0.2) is 29.9 Å². The van der Waals surface area contributed by atoms with Crippen LogP contribution in [0, 0.1) is 0 Å². The van der Waals surface area contributed by atoms with Crippen molar-refractivity contribution in [2.24, 2.45) is 10.7 Å². The Morgan fingerprint density at radius 3 is 2.80 bits per heavy atom. The first-order chi connectivity index (χ1) is 12.2. The summed E-state index contributed by atoms with van der Waals surface area (Å²) in [7, 11) is 0. The standard InChI is InChI=1S/C19H24N4OS/c20-19(21-10-9-17-7-4-12-25-17)22-13-15-5-1-2-6-16(15)14-23-11-3-8-18(23)24/h1-2,4-7,12H,3,8-11,13-14H2,(H3,20,21,22). The molecular formula is C19H24N4OS. The lowest BCUT2D eigenvalue weighted by Gasteiger charge is -2.17. The van der Waals surface area contributed by atoms with Gasteiger partial charge in [0.25, 0.3) is 0 Å². The first-order valence-electron chi connectivity index (χ1n) is 8.63. The molecule has 1 fully saturated rings. The first-order valence-corrected chi connectivity index (χ1v) is 9.51. The van der Waals surface area contributed by atoms with Gasteiger partial charge in [-0.3, -0.25) is 4.79 Å². The third-order valence-electron chi connectivity index (χ3n) is 4.33. The maximum Gasteiger partial charge on any atom is 0.222 e. The van der Waals surface area contributed by atoms with Crippen molar-refractivity contribution >= 4 is 23.2 Å². The van der Waals surface area contributed by atoms with Crippen molar-refractivity contribution in [2.45, 2.75) is 32.4 Å². The number of hydrogen-bond acceptors (Lipinski definition) is 3. The molecule has 3 N–H and O–H groups in total. The van der Waals surface area contributed by atoms with E-state index in [2.05, 4.69) is 40.0 Å². The third kappa shape index (κ3) is 5.06. The number of guanidine groups is 1. The Kier molecular flexibility index (Phi) is 6.06. The number of benzene rings is 1. The van der Waals surface area contributed by atoms with Gasteiger partial charge in [0, 0.05) is 30.9 Å². The van der Waals surface area contributed by atoms with Crippen molar-refractivity contribution in [2.75, 3.05) is 13.1 Å². The summed E-state index contributed by atoms with van der Waals surface area (Å²) in [4.78, 5) is 19.5. The Hall–Kier alpha value is -2.34. The topological polar surface area (TPSA) is 70.7 Å². The molecule has 5 nitrogen and oxygen atoms in total. The lowest BCUT2D eigenvalue weighted by atomic mass is 10.1. The van der Waals surface area contributed by atoms with Gasteiger partial charge in [-0.05, 0) is 35.4 Å². The van der Waals surface area contributed by atoms with Gasteiger partial charge in [-0.15, -0.1) is 11.3 Å². The van der Waals surface area contributed by atoms with Crippen LogP contribution in [0.5, 0.6) is 0 Å². The van der Waals surface area contributed by atoms with Gasteiger partial charge in [0.15, 0.2) is 5.96 Å². The number of amides is 1. The van der Waals surface area contributed by atoms with E-state index < -0.39 is 0 Å². The van der Waals surface area contributed by atoms with Crippen LogP contribution in [0.15, 0.2) is 46.8 Å². The summed E-state index contributed by atoms with van der Waals surface area (Å²) >= 11 is 1.75. The van der Waals surface area contributed by atoms with Crippen molar-refractivity contribution < 1.29 is 4.79 Å². The van der Waals surface area contributed by atoms with Crippen molar-refractivity contribution in [3.8, 4) is 0 Å². The average molecular weight is 356 g/mol. The Morgan fingerprint density at radius 2 is 2.08 bits per heavy atom. The number of thiophene rings is 1. The van der Waals surface area contributed by atoms with Gasteiger partial charge >= 0.3 is 0 Å². The highest BCUT2D eigenvalue weighted by atomic mass is 32.1. The van der Waals surface area contributed by atoms with Gasteiger partial charge in [0.1, 0.15) is 0 Å². The average Bonchev–Trinajstić information content (AvgIpc) is 3.26. The minimum atomic E-state index is 0.244. The molecule has 1 aromatic heterocycles. The SMILES string of the molecule is NC(=NCc1ccccc1CN1CCCC1=O)NCCc1cccs1. The van der Waals surface area contributed by atoms with Crippen LogP contribution >= 0.6 is 11.3 Å². The van der Waals surface area contributed by atoms with E-state index in [-0.39, 0.29) is 5.91 Å². The fourth-order valence-corrected chi connectivity index (χ4v) is 3.65. The molecule has 0 atom stereocenters. The molecule has 0 unspecified atom stereocenters. The number of carbonyl (C=O) groups excluding carboxylic acids is 1. The van der Waals surface area contributed by atoms with E-state index in [0.29, 0.717) is 25.5 Å². The van der Waals surface area contributed by atoms with Crippen molar-refractivity contribution in [1.29, 1.82) is 0 Å². The van der Waals surface area contributed by atoms with E-state index in [4.69, 9.17) is 5.73 Å². The zero-order valence-electron chi connectivity index (χ0n) is 14.3. The van der Waals surface area contributed by atoms with Gasteiger partial charge in [0.05, 0.1) is 6.54 Å². The van der Waals surface area contributed by atoms with E-state index in [0.717, 1.165) is 37.1 Å². The molecule has 6 heteroatoms. The van der Waals surface area contributed by atoms with E-state index in [1.807, 2.05) is 17.0 Å². The number of hydrogen-bond donors (Lipinski definition) is 2. The zero-order valence-corrected chi connectivity index (χ0v) is 15.1. The minimum Gasteiger partial charge on any atom is -0.370 e. The smallest absolute Gasteiger partial charge is 0.222 e. The predicted octanol–water partition coefficient (Wildman–Crippen LogP) is 2.52. The van der Waals surface area contributed by atoms with E-state index >= 15 is 0 Å². The predicted molar refractivity (Wildman–Crippen MR) is 102 cm³/mol. The highest BCUT2D eigenvalue weighted by Gasteiger charge is 2.20. The van der Waals surface area contributed by atoms with Gasteiger partial charge in [-0.2, -0.15) is 0 Å². The minimum absolute atomic E-state index is 0.244. The largest absolute Gasteiger partial charge is 0.370 e.